The highest BCUT2D eigenvalue weighted by molar-refractivity contribution is 5.93. The fourth-order valence-corrected chi connectivity index (χ4v) is 2.78. The van der Waals surface area contributed by atoms with E-state index < -0.39 is 5.97 Å². The summed E-state index contributed by atoms with van der Waals surface area (Å²) in [5, 5.41) is 6.99. The molecular weight excluding hydrogens is 284 g/mol. The Labute approximate surface area is 127 Å². The average molecular weight is 302 g/mol. The molecule has 7 heteroatoms. The molecule has 3 heterocycles. The first-order chi connectivity index (χ1) is 10.6. The van der Waals surface area contributed by atoms with E-state index in [1.165, 1.54) is 0 Å². The molecule has 0 aromatic carbocycles. The number of amides is 1. The number of hydrogen-bond acceptors (Lipinski definition) is 4. The molecule has 0 aliphatic carbocycles. The molecule has 1 unspecified atom stereocenters. The standard InChI is InChI=1S/C15H18N4O3/c1-3-22-15(21)13-10-8-19(7-9(2)12(10)17-18-13)14(20)11-5-4-6-16-11/h4-6,9,16H,3,7-8H2,1-2H3,(H,17,18). The van der Waals surface area contributed by atoms with Gasteiger partial charge >= 0.3 is 5.97 Å². The van der Waals surface area contributed by atoms with E-state index in [1.807, 2.05) is 6.92 Å². The van der Waals surface area contributed by atoms with E-state index in [0.29, 0.717) is 25.4 Å². The second-order valence-electron chi connectivity index (χ2n) is 5.36. The first-order valence-corrected chi connectivity index (χ1v) is 7.28. The highest BCUT2D eigenvalue weighted by atomic mass is 16.5. The molecule has 116 valence electrons. The maximum absolute atomic E-state index is 12.5. The summed E-state index contributed by atoms with van der Waals surface area (Å²) in [4.78, 5) is 29.1. The van der Waals surface area contributed by atoms with Gasteiger partial charge in [0.2, 0.25) is 0 Å². The summed E-state index contributed by atoms with van der Waals surface area (Å²) in [7, 11) is 0. The van der Waals surface area contributed by atoms with Crippen molar-refractivity contribution < 1.29 is 14.3 Å². The lowest BCUT2D eigenvalue weighted by Gasteiger charge is -2.30. The number of hydrogen-bond donors (Lipinski definition) is 2. The lowest BCUT2D eigenvalue weighted by Crippen LogP contribution is -2.38. The van der Waals surface area contributed by atoms with Crippen LogP contribution in [0.1, 0.15) is 52.0 Å². The van der Waals surface area contributed by atoms with Crippen molar-refractivity contribution in [3.8, 4) is 0 Å². The first-order valence-electron chi connectivity index (χ1n) is 7.28. The predicted molar refractivity (Wildman–Crippen MR) is 78.5 cm³/mol. The van der Waals surface area contributed by atoms with Crippen molar-refractivity contribution in [3.63, 3.8) is 0 Å². The van der Waals surface area contributed by atoms with Crippen molar-refractivity contribution >= 4 is 11.9 Å². The van der Waals surface area contributed by atoms with Gasteiger partial charge in [-0.3, -0.25) is 9.89 Å². The van der Waals surface area contributed by atoms with Gasteiger partial charge in [-0.1, -0.05) is 6.92 Å². The van der Waals surface area contributed by atoms with Crippen LogP contribution in [0.25, 0.3) is 0 Å². The lowest BCUT2D eigenvalue weighted by atomic mass is 9.96. The summed E-state index contributed by atoms with van der Waals surface area (Å²) >= 11 is 0. The Bertz CT molecular complexity index is 690. The van der Waals surface area contributed by atoms with E-state index in [0.717, 1.165) is 11.3 Å². The monoisotopic (exact) mass is 302 g/mol. The third-order valence-corrected chi connectivity index (χ3v) is 3.82. The topological polar surface area (TPSA) is 91.1 Å². The van der Waals surface area contributed by atoms with Gasteiger partial charge in [-0.25, -0.2) is 4.79 Å². The fraction of sp³-hybridized carbons (Fsp3) is 0.400. The zero-order valence-corrected chi connectivity index (χ0v) is 12.5. The second-order valence-corrected chi connectivity index (χ2v) is 5.36. The lowest BCUT2D eigenvalue weighted by molar-refractivity contribution is 0.0513. The SMILES string of the molecule is CCOC(=O)c1n[nH]c2c1CN(C(=O)c1ccc[nH]1)CC2C. The van der Waals surface area contributed by atoms with Crippen LogP contribution >= 0.6 is 0 Å². The molecule has 0 radical (unpaired) electrons. The highest BCUT2D eigenvalue weighted by Gasteiger charge is 2.32. The van der Waals surface area contributed by atoms with Gasteiger partial charge in [0.05, 0.1) is 13.2 Å². The Hall–Kier alpha value is -2.57. The third-order valence-electron chi connectivity index (χ3n) is 3.82. The van der Waals surface area contributed by atoms with E-state index in [1.54, 1.807) is 30.2 Å². The minimum atomic E-state index is -0.457. The van der Waals surface area contributed by atoms with Crippen molar-refractivity contribution in [2.75, 3.05) is 13.2 Å². The predicted octanol–water partition coefficient (Wildman–Crippen LogP) is 1.67. The van der Waals surface area contributed by atoms with E-state index in [2.05, 4.69) is 15.2 Å². The molecule has 1 aliphatic heterocycles. The van der Waals surface area contributed by atoms with Crippen molar-refractivity contribution in [2.45, 2.75) is 26.3 Å². The molecule has 3 rings (SSSR count). The van der Waals surface area contributed by atoms with Gasteiger partial charge in [-0.2, -0.15) is 5.10 Å². The molecule has 2 aromatic rings. The van der Waals surface area contributed by atoms with E-state index in [9.17, 15) is 9.59 Å². The largest absolute Gasteiger partial charge is 0.461 e. The number of carbonyl (C=O) groups is 2. The minimum Gasteiger partial charge on any atom is -0.461 e. The second kappa shape index (κ2) is 5.67. The smallest absolute Gasteiger partial charge is 0.359 e. The number of nitrogens with zero attached hydrogens (tertiary/aromatic N) is 2. The molecule has 0 fully saturated rings. The number of esters is 1. The van der Waals surface area contributed by atoms with Crippen LogP contribution in [0.2, 0.25) is 0 Å². The molecule has 2 N–H and O–H groups in total. The Kier molecular flexibility index (Phi) is 3.70. The number of ether oxygens (including phenoxy) is 1. The zero-order chi connectivity index (χ0) is 15.7. The number of aromatic nitrogens is 3. The number of fused-ring (bicyclic) bond motifs is 1. The van der Waals surface area contributed by atoms with Crippen molar-refractivity contribution in [1.82, 2.24) is 20.1 Å². The summed E-state index contributed by atoms with van der Waals surface area (Å²) in [5.41, 5.74) is 2.46. The molecular formula is C15H18N4O3. The molecule has 0 saturated carbocycles. The van der Waals surface area contributed by atoms with Crippen LogP contribution < -0.4 is 0 Å². The third kappa shape index (κ3) is 2.38. The van der Waals surface area contributed by atoms with Gasteiger partial charge < -0.3 is 14.6 Å². The first kappa shape index (κ1) is 14.4. The van der Waals surface area contributed by atoms with Gasteiger partial charge in [-0.05, 0) is 19.1 Å². The summed E-state index contributed by atoms with van der Waals surface area (Å²) < 4.78 is 5.02. The van der Waals surface area contributed by atoms with Crippen LogP contribution in [0.15, 0.2) is 18.3 Å². The maximum atomic E-state index is 12.5. The molecule has 0 bridgehead atoms. The summed E-state index contributed by atoms with van der Waals surface area (Å²) in [6.07, 6.45) is 1.72. The fourth-order valence-electron chi connectivity index (χ4n) is 2.78. The maximum Gasteiger partial charge on any atom is 0.359 e. The van der Waals surface area contributed by atoms with Crippen molar-refractivity contribution in [1.29, 1.82) is 0 Å². The van der Waals surface area contributed by atoms with E-state index in [4.69, 9.17) is 4.74 Å². The van der Waals surface area contributed by atoms with Crippen LogP contribution in [0.4, 0.5) is 0 Å². The number of carbonyl (C=O) groups excluding carboxylic acids is 2. The van der Waals surface area contributed by atoms with Crippen LogP contribution in [-0.4, -0.2) is 45.1 Å². The average Bonchev–Trinajstić information content (AvgIpc) is 3.16. The molecule has 0 spiro atoms. The van der Waals surface area contributed by atoms with E-state index >= 15 is 0 Å². The van der Waals surface area contributed by atoms with Crippen molar-refractivity contribution in [2.24, 2.45) is 0 Å². The Balaban J connectivity index is 1.89. The summed E-state index contributed by atoms with van der Waals surface area (Å²) in [6.45, 7) is 4.97. The molecule has 7 nitrogen and oxygen atoms in total. The van der Waals surface area contributed by atoms with Crippen LogP contribution in [0.3, 0.4) is 0 Å². The Morgan fingerprint density at radius 1 is 1.50 bits per heavy atom. The van der Waals surface area contributed by atoms with Crippen LogP contribution in [0, 0.1) is 0 Å². The van der Waals surface area contributed by atoms with E-state index in [-0.39, 0.29) is 17.5 Å². The number of aromatic amines is 2. The molecule has 2 aromatic heterocycles. The van der Waals surface area contributed by atoms with Gasteiger partial charge in [0, 0.05) is 29.9 Å². The number of nitrogens with one attached hydrogen (secondary N) is 2. The molecule has 1 atom stereocenters. The van der Waals surface area contributed by atoms with Gasteiger partial charge in [-0.15, -0.1) is 0 Å². The van der Waals surface area contributed by atoms with Gasteiger partial charge in [0.25, 0.3) is 5.91 Å². The molecule has 0 saturated heterocycles. The van der Waals surface area contributed by atoms with Crippen LogP contribution in [0.5, 0.6) is 0 Å². The normalized spacial score (nSPS) is 17.2. The minimum absolute atomic E-state index is 0.0818. The Morgan fingerprint density at radius 2 is 2.32 bits per heavy atom. The number of H-pyrrole nitrogens is 2. The van der Waals surface area contributed by atoms with Gasteiger partial charge in [0.15, 0.2) is 5.69 Å². The summed E-state index contributed by atoms with van der Waals surface area (Å²) in [5.74, 6) is -0.460. The molecule has 1 aliphatic rings. The Morgan fingerprint density at radius 3 is 3.00 bits per heavy atom. The number of rotatable bonds is 3. The molecule has 22 heavy (non-hydrogen) atoms. The summed E-state index contributed by atoms with van der Waals surface area (Å²) in [6, 6.07) is 3.53. The van der Waals surface area contributed by atoms with Crippen molar-refractivity contribution in [3.05, 3.63) is 41.0 Å². The quantitative estimate of drug-likeness (QED) is 0.844. The van der Waals surface area contributed by atoms with Gasteiger partial charge in [0.1, 0.15) is 5.69 Å². The zero-order valence-electron chi connectivity index (χ0n) is 12.5. The van der Waals surface area contributed by atoms with Crippen LogP contribution in [-0.2, 0) is 11.3 Å². The highest BCUT2D eigenvalue weighted by Crippen LogP contribution is 2.29. The molecule has 1 amide bonds.